The number of hydrogen-bond acceptors (Lipinski definition) is 3. The number of amides is 1. The van der Waals surface area contributed by atoms with Gasteiger partial charge < -0.3 is 15.1 Å². The molecule has 3 rings (SSSR count). The predicted molar refractivity (Wildman–Crippen MR) is 76.0 cm³/mol. The van der Waals surface area contributed by atoms with E-state index in [1.54, 1.807) is 0 Å². The van der Waals surface area contributed by atoms with Gasteiger partial charge in [-0.3, -0.25) is 4.79 Å². The van der Waals surface area contributed by atoms with Crippen LogP contribution in [0, 0.1) is 5.92 Å². The lowest BCUT2D eigenvalue weighted by Gasteiger charge is -2.33. The summed E-state index contributed by atoms with van der Waals surface area (Å²) < 4.78 is 0. The first-order chi connectivity index (χ1) is 9.29. The van der Waals surface area contributed by atoms with Crippen molar-refractivity contribution >= 4 is 5.91 Å². The minimum Gasteiger partial charge on any atom is -0.335 e. The smallest absolute Gasteiger partial charge is 0.227 e. The van der Waals surface area contributed by atoms with Crippen LogP contribution < -0.4 is 5.32 Å². The zero-order chi connectivity index (χ0) is 13.2. The van der Waals surface area contributed by atoms with E-state index in [4.69, 9.17) is 0 Å². The molecule has 0 aliphatic carbocycles. The van der Waals surface area contributed by atoms with Gasteiger partial charge in [-0.1, -0.05) is 6.92 Å². The van der Waals surface area contributed by atoms with Crippen LogP contribution >= 0.6 is 0 Å². The standard InChI is InChI=1S/C15H27N3O/c1-2-17-9-7-13-5-6-14(11-17)18(13)15(19)12-4-3-8-16-10-12/h12-14,16H,2-11H2,1H3. The SMILES string of the molecule is CCN1CCC2CCC(C1)N2C(=O)C1CCCNC1. The first-order valence-electron chi connectivity index (χ1n) is 8.05. The number of fused-ring (bicyclic) bond motifs is 2. The molecule has 3 saturated heterocycles. The maximum absolute atomic E-state index is 12.8. The second kappa shape index (κ2) is 5.80. The highest BCUT2D eigenvalue weighted by Crippen LogP contribution is 2.32. The number of carbonyl (C=O) groups is 1. The van der Waals surface area contributed by atoms with Gasteiger partial charge in [0.05, 0.1) is 5.92 Å². The third kappa shape index (κ3) is 2.65. The number of piperidine rings is 1. The van der Waals surface area contributed by atoms with Crippen molar-refractivity contribution in [1.82, 2.24) is 15.1 Å². The third-order valence-corrected chi connectivity index (χ3v) is 5.22. The lowest BCUT2D eigenvalue weighted by Crippen LogP contribution is -2.49. The molecule has 3 aliphatic rings. The Morgan fingerprint density at radius 2 is 2.05 bits per heavy atom. The van der Waals surface area contributed by atoms with E-state index in [2.05, 4.69) is 22.0 Å². The van der Waals surface area contributed by atoms with Gasteiger partial charge in [0, 0.05) is 31.7 Å². The van der Waals surface area contributed by atoms with Crippen LogP contribution in [-0.4, -0.2) is 60.5 Å². The maximum Gasteiger partial charge on any atom is 0.227 e. The van der Waals surface area contributed by atoms with Crippen molar-refractivity contribution in [3.63, 3.8) is 0 Å². The number of hydrogen-bond donors (Lipinski definition) is 1. The van der Waals surface area contributed by atoms with Crippen LogP contribution in [-0.2, 0) is 4.79 Å². The third-order valence-electron chi connectivity index (χ3n) is 5.22. The fourth-order valence-corrected chi connectivity index (χ4v) is 4.07. The molecule has 1 N–H and O–H groups in total. The minimum absolute atomic E-state index is 0.241. The molecule has 3 atom stereocenters. The molecule has 0 saturated carbocycles. The van der Waals surface area contributed by atoms with Crippen molar-refractivity contribution in [1.29, 1.82) is 0 Å². The molecule has 0 aromatic carbocycles. The molecule has 3 fully saturated rings. The number of likely N-dealkylation sites (N-methyl/N-ethyl adjacent to an activating group) is 1. The molecule has 0 radical (unpaired) electrons. The van der Waals surface area contributed by atoms with Crippen molar-refractivity contribution in [2.75, 3.05) is 32.7 Å². The lowest BCUT2D eigenvalue weighted by molar-refractivity contribution is -0.138. The number of nitrogens with zero attached hydrogens (tertiary/aromatic N) is 2. The van der Waals surface area contributed by atoms with Gasteiger partial charge >= 0.3 is 0 Å². The molecule has 19 heavy (non-hydrogen) atoms. The zero-order valence-electron chi connectivity index (χ0n) is 12.1. The van der Waals surface area contributed by atoms with Gasteiger partial charge in [0.25, 0.3) is 0 Å². The summed E-state index contributed by atoms with van der Waals surface area (Å²) in [5, 5.41) is 3.38. The largest absolute Gasteiger partial charge is 0.335 e. The van der Waals surface area contributed by atoms with Crippen LogP contribution in [0.5, 0.6) is 0 Å². The number of carbonyl (C=O) groups excluding carboxylic acids is 1. The van der Waals surface area contributed by atoms with Gasteiger partial charge in [-0.25, -0.2) is 0 Å². The van der Waals surface area contributed by atoms with Crippen molar-refractivity contribution in [3.8, 4) is 0 Å². The van der Waals surface area contributed by atoms with E-state index in [1.807, 2.05) is 0 Å². The Bertz CT molecular complexity index is 327. The second-order valence-electron chi connectivity index (χ2n) is 6.36. The lowest BCUT2D eigenvalue weighted by atomic mass is 9.97. The number of rotatable bonds is 2. The van der Waals surface area contributed by atoms with Gasteiger partial charge in [-0.15, -0.1) is 0 Å². The van der Waals surface area contributed by atoms with Gasteiger partial charge in [-0.2, -0.15) is 0 Å². The highest BCUT2D eigenvalue weighted by Gasteiger charge is 2.41. The fraction of sp³-hybridized carbons (Fsp3) is 0.933. The molecule has 3 heterocycles. The summed E-state index contributed by atoms with van der Waals surface area (Å²) in [7, 11) is 0. The van der Waals surface area contributed by atoms with E-state index in [-0.39, 0.29) is 5.92 Å². The molecule has 4 heteroatoms. The maximum atomic E-state index is 12.8. The van der Waals surface area contributed by atoms with Crippen molar-refractivity contribution in [2.24, 2.45) is 5.92 Å². The Kier molecular flexibility index (Phi) is 4.08. The molecule has 0 aromatic rings. The van der Waals surface area contributed by atoms with Gasteiger partial charge in [0.1, 0.15) is 0 Å². The first kappa shape index (κ1) is 13.4. The molecule has 3 aliphatic heterocycles. The van der Waals surface area contributed by atoms with Crippen LogP contribution in [0.25, 0.3) is 0 Å². The van der Waals surface area contributed by atoms with E-state index in [0.29, 0.717) is 18.0 Å². The normalized spacial score (nSPS) is 36.3. The van der Waals surface area contributed by atoms with Crippen molar-refractivity contribution in [3.05, 3.63) is 0 Å². The highest BCUT2D eigenvalue weighted by atomic mass is 16.2. The molecular weight excluding hydrogens is 238 g/mol. The predicted octanol–water partition coefficient (Wildman–Crippen LogP) is 1.07. The van der Waals surface area contributed by atoms with Crippen molar-refractivity contribution < 1.29 is 4.79 Å². The zero-order valence-corrected chi connectivity index (χ0v) is 12.1. The van der Waals surface area contributed by atoms with Crippen molar-refractivity contribution in [2.45, 2.75) is 51.1 Å². The first-order valence-corrected chi connectivity index (χ1v) is 8.05. The average Bonchev–Trinajstić information content (AvgIpc) is 2.74. The number of nitrogens with one attached hydrogen (secondary N) is 1. The van der Waals surface area contributed by atoms with E-state index in [0.717, 1.165) is 39.0 Å². The molecule has 108 valence electrons. The molecule has 2 bridgehead atoms. The van der Waals surface area contributed by atoms with Crippen LogP contribution in [0.4, 0.5) is 0 Å². The Hall–Kier alpha value is -0.610. The summed E-state index contributed by atoms with van der Waals surface area (Å²) in [5.74, 6) is 0.683. The molecular formula is C15H27N3O. The summed E-state index contributed by atoms with van der Waals surface area (Å²) in [6, 6.07) is 1.01. The van der Waals surface area contributed by atoms with E-state index in [1.165, 1.54) is 25.8 Å². The Balaban J connectivity index is 1.70. The quantitative estimate of drug-likeness (QED) is 0.811. The van der Waals surface area contributed by atoms with E-state index in [9.17, 15) is 4.79 Å². The molecule has 1 amide bonds. The van der Waals surface area contributed by atoms with Crippen LogP contribution in [0.1, 0.15) is 39.0 Å². The second-order valence-corrected chi connectivity index (χ2v) is 6.36. The Morgan fingerprint density at radius 3 is 2.79 bits per heavy atom. The number of likely N-dealkylation sites (tertiary alicyclic amines) is 1. The van der Waals surface area contributed by atoms with Crippen LogP contribution in [0.3, 0.4) is 0 Å². The molecule has 0 aromatic heterocycles. The molecule has 4 nitrogen and oxygen atoms in total. The Morgan fingerprint density at radius 1 is 1.21 bits per heavy atom. The topological polar surface area (TPSA) is 35.6 Å². The summed E-state index contributed by atoms with van der Waals surface area (Å²) in [4.78, 5) is 17.6. The highest BCUT2D eigenvalue weighted by molar-refractivity contribution is 5.80. The average molecular weight is 265 g/mol. The minimum atomic E-state index is 0.241. The fourth-order valence-electron chi connectivity index (χ4n) is 4.07. The van der Waals surface area contributed by atoms with E-state index >= 15 is 0 Å². The summed E-state index contributed by atoms with van der Waals surface area (Å²) in [6.07, 6.45) is 5.86. The van der Waals surface area contributed by atoms with Crippen LogP contribution in [0.15, 0.2) is 0 Å². The van der Waals surface area contributed by atoms with Crippen LogP contribution in [0.2, 0.25) is 0 Å². The summed E-state index contributed by atoms with van der Waals surface area (Å²) in [6.45, 7) is 7.60. The monoisotopic (exact) mass is 265 g/mol. The van der Waals surface area contributed by atoms with Gasteiger partial charge in [0.2, 0.25) is 5.91 Å². The van der Waals surface area contributed by atoms with Gasteiger partial charge in [0.15, 0.2) is 0 Å². The summed E-state index contributed by atoms with van der Waals surface area (Å²) in [5.41, 5.74) is 0. The van der Waals surface area contributed by atoms with Gasteiger partial charge in [-0.05, 0) is 45.2 Å². The Labute approximate surface area is 116 Å². The summed E-state index contributed by atoms with van der Waals surface area (Å²) >= 11 is 0. The molecule has 3 unspecified atom stereocenters. The molecule has 0 spiro atoms. The van der Waals surface area contributed by atoms with E-state index < -0.39 is 0 Å².